The highest BCUT2D eigenvalue weighted by molar-refractivity contribution is 6.08. The molecule has 0 unspecified atom stereocenters. The molecule has 0 aliphatic rings. The van der Waals surface area contributed by atoms with Gasteiger partial charge in [0.2, 0.25) is 5.88 Å². The lowest BCUT2D eigenvalue weighted by Crippen LogP contribution is -2.18. The van der Waals surface area contributed by atoms with E-state index < -0.39 is 35.0 Å². The van der Waals surface area contributed by atoms with E-state index in [0.29, 0.717) is 17.3 Å². The van der Waals surface area contributed by atoms with Crippen molar-refractivity contribution in [3.63, 3.8) is 0 Å². The quantitative estimate of drug-likeness (QED) is 0.508. The van der Waals surface area contributed by atoms with Gasteiger partial charge in [0, 0.05) is 11.8 Å². The van der Waals surface area contributed by atoms with E-state index in [1.165, 1.54) is 26.2 Å². The molecule has 32 heavy (non-hydrogen) atoms. The van der Waals surface area contributed by atoms with Crippen molar-refractivity contribution in [3.05, 3.63) is 70.7 Å². The monoisotopic (exact) mass is 452 g/mol. The SMILES string of the molecule is COc1nc(C)c(NC(=O)c2cc(C(F)(F)F)ncc2Nc2ccc(F)cc2C)cc1F. The molecular formula is C21H17F5N4O2. The van der Waals surface area contributed by atoms with Gasteiger partial charge >= 0.3 is 6.18 Å². The van der Waals surface area contributed by atoms with Gasteiger partial charge in [0.1, 0.15) is 11.5 Å². The third-order valence-electron chi connectivity index (χ3n) is 4.47. The molecular weight excluding hydrogens is 435 g/mol. The molecule has 1 amide bonds. The number of ether oxygens (including phenoxy) is 1. The molecule has 168 valence electrons. The van der Waals surface area contributed by atoms with Crippen molar-refractivity contribution in [2.45, 2.75) is 20.0 Å². The van der Waals surface area contributed by atoms with E-state index in [2.05, 4.69) is 20.6 Å². The number of pyridine rings is 2. The summed E-state index contributed by atoms with van der Waals surface area (Å²) < 4.78 is 71.7. The molecule has 6 nitrogen and oxygen atoms in total. The van der Waals surface area contributed by atoms with Crippen molar-refractivity contribution < 1.29 is 31.5 Å². The molecule has 0 saturated carbocycles. The number of alkyl halides is 3. The lowest BCUT2D eigenvalue weighted by Gasteiger charge is -2.16. The zero-order chi connectivity index (χ0) is 23.6. The number of methoxy groups -OCH3 is 1. The van der Waals surface area contributed by atoms with E-state index in [9.17, 15) is 26.7 Å². The van der Waals surface area contributed by atoms with Crippen molar-refractivity contribution in [2.75, 3.05) is 17.7 Å². The Morgan fingerprint density at radius 3 is 2.38 bits per heavy atom. The first-order valence-corrected chi connectivity index (χ1v) is 9.12. The highest BCUT2D eigenvalue weighted by atomic mass is 19.4. The number of carbonyl (C=O) groups is 1. The first-order chi connectivity index (χ1) is 15.0. The summed E-state index contributed by atoms with van der Waals surface area (Å²) in [6.07, 6.45) is -3.96. The molecule has 0 aliphatic heterocycles. The lowest BCUT2D eigenvalue weighted by atomic mass is 10.1. The summed E-state index contributed by atoms with van der Waals surface area (Å²) in [6.45, 7) is 3.05. The number of hydrogen-bond acceptors (Lipinski definition) is 5. The third-order valence-corrected chi connectivity index (χ3v) is 4.47. The summed E-state index contributed by atoms with van der Waals surface area (Å²) in [5.74, 6) is -2.62. The molecule has 0 bridgehead atoms. The van der Waals surface area contributed by atoms with Gasteiger partial charge in [-0.05, 0) is 43.7 Å². The third kappa shape index (κ3) is 4.93. The van der Waals surface area contributed by atoms with Gasteiger partial charge in [-0.3, -0.25) is 4.79 Å². The van der Waals surface area contributed by atoms with Crippen LogP contribution in [0, 0.1) is 25.5 Å². The van der Waals surface area contributed by atoms with Crippen LogP contribution in [0.4, 0.5) is 39.0 Å². The average Bonchev–Trinajstić information content (AvgIpc) is 2.71. The highest BCUT2D eigenvalue weighted by Crippen LogP contribution is 2.32. The summed E-state index contributed by atoms with van der Waals surface area (Å²) >= 11 is 0. The van der Waals surface area contributed by atoms with E-state index in [1.807, 2.05) is 0 Å². The fourth-order valence-electron chi connectivity index (χ4n) is 2.83. The Labute approximate surface area is 179 Å². The number of aryl methyl sites for hydroxylation is 2. The first kappa shape index (κ1) is 22.9. The van der Waals surface area contributed by atoms with Crippen LogP contribution in [0.25, 0.3) is 0 Å². The maximum atomic E-state index is 14.0. The lowest BCUT2D eigenvalue weighted by molar-refractivity contribution is -0.141. The van der Waals surface area contributed by atoms with E-state index in [4.69, 9.17) is 4.74 Å². The number of halogens is 5. The Kier molecular flexibility index (Phi) is 6.28. The Bertz CT molecular complexity index is 1180. The summed E-state index contributed by atoms with van der Waals surface area (Å²) in [7, 11) is 1.22. The van der Waals surface area contributed by atoms with Crippen LogP contribution in [0.2, 0.25) is 0 Å². The zero-order valence-corrected chi connectivity index (χ0v) is 17.1. The highest BCUT2D eigenvalue weighted by Gasteiger charge is 2.34. The second kappa shape index (κ2) is 8.77. The standard InChI is InChI=1S/C21H17F5N4O2/c1-10-6-12(22)4-5-15(10)29-17-9-27-18(21(24,25)26)7-13(17)19(31)30-16-8-14(23)20(32-3)28-11(16)2/h4-9,29H,1-3H3,(H,30,31). The normalized spacial score (nSPS) is 11.2. The Morgan fingerprint density at radius 2 is 1.75 bits per heavy atom. The van der Waals surface area contributed by atoms with Gasteiger partial charge in [-0.2, -0.15) is 13.2 Å². The molecule has 2 N–H and O–H groups in total. The van der Waals surface area contributed by atoms with Crippen LogP contribution in [-0.2, 0) is 6.18 Å². The summed E-state index contributed by atoms with van der Waals surface area (Å²) in [5.41, 5.74) is -0.826. The molecule has 0 spiro atoms. The van der Waals surface area contributed by atoms with Crippen molar-refractivity contribution >= 4 is 23.0 Å². The second-order valence-electron chi connectivity index (χ2n) is 6.76. The molecule has 3 aromatic rings. The molecule has 0 atom stereocenters. The zero-order valence-electron chi connectivity index (χ0n) is 17.1. The van der Waals surface area contributed by atoms with Gasteiger partial charge < -0.3 is 15.4 Å². The predicted octanol–water partition coefficient (Wildman–Crippen LogP) is 5.39. The summed E-state index contributed by atoms with van der Waals surface area (Å²) in [5, 5.41) is 5.15. The summed E-state index contributed by atoms with van der Waals surface area (Å²) in [4.78, 5) is 20.1. The van der Waals surface area contributed by atoms with Crippen molar-refractivity contribution in [2.24, 2.45) is 0 Å². The molecule has 2 aromatic heterocycles. The molecule has 1 aromatic carbocycles. The van der Waals surface area contributed by atoms with Crippen LogP contribution < -0.4 is 15.4 Å². The summed E-state index contributed by atoms with van der Waals surface area (Å²) in [6, 6.07) is 5.26. The maximum absolute atomic E-state index is 14.0. The average molecular weight is 452 g/mol. The first-order valence-electron chi connectivity index (χ1n) is 9.12. The van der Waals surface area contributed by atoms with E-state index in [1.54, 1.807) is 6.92 Å². The fourth-order valence-corrected chi connectivity index (χ4v) is 2.83. The Balaban J connectivity index is 2.02. The van der Waals surface area contributed by atoms with E-state index >= 15 is 0 Å². The maximum Gasteiger partial charge on any atom is 0.433 e. The minimum atomic E-state index is -4.80. The van der Waals surface area contributed by atoms with Gasteiger partial charge in [-0.1, -0.05) is 0 Å². The van der Waals surface area contributed by atoms with Crippen LogP contribution in [0.3, 0.4) is 0 Å². The largest absolute Gasteiger partial charge is 0.479 e. The van der Waals surface area contributed by atoms with Crippen LogP contribution in [0.1, 0.15) is 27.3 Å². The number of anilines is 3. The van der Waals surface area contributed by atoms with Gasteiger partial charge in [0.05, 0.1) is 35.9 Å². The molecule has 3 rings (SSSR count). The van der Waals surface area contributed by atoms with Crippen molar-refractivity contribution in [1.82, 2.24) is 9.97 Å². The number of rotatable bonds is 5. The molecule has 0 saturated heterocycles. The molecule has 11 heteroatoms. The Hall–Kier alpha value is -3.76. The van der Waals surface area contributed by atoms with Gasteiger partial charge in [-0.15, -0.1) is 0 Å². The number of hydrogen-bond donors (Lipinski definition) is 2. The second-order valence-corrected chi connectivity index (χ2v) is 6.76. The van der Waals surface area contributed by atoms with Crippen LogP contribution >= 0.6 is 0 Å². The smallest absolute Gasteiger partial charge is 0.433 e. The van der Waals surface area contributed by atoms with E-state index in [0.717, 1.165) is 18.3 Å². The molecule has 0 aliphatic carbocycles. The number of nitrogens with one attached hydrogen (secondary N) is 2. The molecule has 2 heterocycles. The molecule has 0 radical (unpaired) electrons. The Morgan fingerprint density at radius 1 is 1.03 bits per heavy atom. The van der Waals surface area contributed by atoms with Gasteiger partial charge in [0.25, 0.3) is 5.91 Å². The number of aromatic nitrogens is 2. The fraction of sp³-hybridized carbons (Fsp3) is 0.190. The van der Waals surface area contributed by atoms with E-state index in [-0.39, 0.29) is 22.9 Å². The molecule has 0 fully saturated rings. The van der Waals surface area contributed by atoms with Crippen LogP contribution in [-0.4, -0.2) is 23.0 Å². The van der Waals surface area contributed by atoms with Crippen molar-refractivity contribution in [3.8, 4) is 5.88 Å². The van der Waals surface area contributed by atoms with Crippen LogP contribution in [0.15, 0.2) is 36.5 Å². The van der Waals surface area contributed by atoms with Gasteiger partial charge in [0.15, 0.2) is 5.82 Å². The number of carbonyl (C=O) groups excluding carboxylic acids is 1. The van der Waals surface area contributed by atoms with Gasteiger partial charge in [-0.25, -0.2) is 18.7 Å². The topological polar surface area (TPSA) is 76.1 Å². The van der Waals surface area contributed by atoms with Crippen molar-refractivity contribution in [1.29, 1.82) is 0 Å². The number of nitrogens with zero attached hydrogens (tertiary/aromatic N) is 2. The number of benzene rings is 1. The minimum Gasteiger partial charge on any atom is -0.479 e. The number of amides is 1. The predicted molar refractivity (Wildman–Crippen MR) is 107 cm³/mol. The van der Waals surface area contributed by atoms with Crippen LogP contribution in [0.5, 0.6) is 5.88 Å². The minimum absolute atomic E-state index is 0.0532.